The van der Waals surface area contributed by atoms with Crippen molar-refractivity contribution in [3.63, 3.8) is 0 Å². The number of terminal acetylenes is 1. The molecule has 1 aliphatic carbocycles. The summed E-state index contributed by atoms with van der Waals surface area (Å²) in [6.07, 6.45) is 8.68. The number of rotatable bonds is 3. The van der Waals surface area contributed by atoms with E-state index in [0.29, 0.717) is 6.42 Å². The van der Waals surface area contributed by atoms with Crippen molar-refractivity contribution in [3.8, 4) is 12.3 Å². The van der Waals surface area contributed by atoms with Crippen LogP contribution in [-0.4, -0.2) is 17.6 Å². The van der Waals surface area contributed by atoms with Crippen LogP contribution >= 0.6 is 0 Å². The number of fused-ring (bicyclic) bond motifs is 1. The van der Waals surface area contributed by atoms with Gasteiger partial charge in [0, 0.05) is 0 Å². The third-order valence-electron chi connectivity index (χ3n) is 3.58. The van der Waals surface area contributed by atoms with Crippen LogP contribution in [0.3, 0.4) is 0 Å². The monoisotopic (exact) mass is 243 g/mol. The number of aliphatic carboxylic acids is 1. The smallest absolute Gasteiger partial charge is 0.328 e. The fourth-order valence-corrected chi connectivity index (χ4v) is 2.68. The van der Waals surface area contributed by atoms with Gasteiger partial charge in [-0.25, -0.2) is 4.79 Å². The molecule has 1 atom stereocenters. The predicted molar refractivity (Wildman–Crippen MR) is 70.1 cm³/mol. The minimum Gasteiger partial charge on any atom is -0.480 e. The van der Waals surface area contributed by atoms with Gasteiger partial charge in [0.2, 0.25) is 0 Å². The van der Waals surface area contributed by atoms with E-state index in [-0.39, 0.29) is 6.54 Å². The first-order chi connectivity index (χ1) is 8.70. The number of carboxylic acid groups (broad SMARTS) is 1. The van der Waals surface area contributed by atoms with E-state index in [2.05, 4.69) is 11.2 Å². The van der Waals surface area contributed by atoms with E-state index in [1.807, 2.05) is 24.3 Å². The summed E-state index contributed by atoms with van der Waals surface area (Å²) in [5.74, 6) is 1.63. The summed E-state index contributed by atoms with van der Waals surface area (Å²) < 4.78 is 0. The maximum Gasteiger partial charge on any atom is 0.328 e. The molecule has 3 heteroatoms. The zero-order valence-corrected chi connectivity index (χ0v) is 10.3. The molecule has 1 unspecified atom stereocenters. The van der Waals surface area contributed by atoms with Gasteiger partial charge in [-0.3, -0.25) is 5.32 Å². The fraction of sp³-hybridized carbons (Fsp3) is 0.400. The van der Waals surface area contributed by atoms with Gasteiger partial charge in [0.05, 0.1) is 6.54 Å². The molecule has 2 N–H and O–H groups in total. The number of benzene rings is 1. The molecule has 2 rings (SSSR count). The summed E-state index contributed by atoms with van der Waals surface area (Å²) >= 11 is 0. The highest BCUT2D eigenvalue weighted by Gasteiger charge is 2.41. The average molecular weight is 243 g/mol. The van der Waals surface area contributed by atoms with Gasteiger partial charge < -0.3 is 5.11 Å². The van der Waals surface area contributed by atoms with Crippen molar-refractivity contribution in [2.24, 2.45) is 0 Å². The summed E-state index contributed by atoms with van der Waals surface area (Å²) in [6.45, 7) is 0.265. The fourth-order valence-electron chi connectivity index (χ4n) is 2.68. The Bertz CT molecular complexity index is 490. The molecule has 0 amide bonds. The van der Waals surface area contributed by atoms with Crippen LogP contribution in [0.4, 0.5) is 0 Å². The number of nitrogens with one attached hydrogen (secondary N) is 1. The van der Waals surface area contributed by atoms with Crippen LogP contribution in [0.15, 0.2) is 24.3 Å². The Morgan fingerprint density at radius 3 is 2.94 bits per heavy atom. The predicted octanol–water partition coefficient (Wildman–Crippen LogP) is 1.92. The molecule has 1 aromatic rings. The lowest BCUT2D eigenvalue weighted by molar-refractivity contribution is -0.145. The van der Waals surface area contributed by atoms with E-state index in [4.69, 9.17) is 6.42 Å². The Morgan fingerprint density at radius 1 is 1.44 bits per heavy atom. The average Bonchev–Trinajstić information content (AvgIpc) is 2.57. The molecule has 0 radical (unpaired) electrons. The molecule has 0 heterocycles. The van der Waals surface area contributed by atoms with Crippen molar-refractivity contribution < 1.29 is 9.90 Å². The highest BCUT2D eigenvalue weighted by molar-refractivity contribution is 5.81. The summed E-state index contributed by atoms with van der Waals surface area (Å²) in [6, 6.07) is 7.76. The summed E-state index contributed by atoms with van der Waals surface area (Å²) in [5, 5.41) is 12.7. The third-order valence-corrected chi connectivity index (χ3v) is 3.58. The Labute approximate surface area is 107 Å². The first-order valence-corrected chi connectivity index (χ1v) is 6.21. The van der Waals surface area contributed by atoms with Crippen LogP contribution in [0, 0.1) is 12.3 Å². The topological polar surface area (TPSA) is 49.3 Å². The summed E-state index contributed by atoms with van der Waals surface area (Å²) in [7, 11) is 0. The first kappa shape index (κ1) is 12.7. The highest BCUT2D eigenvalue weighted by Crippen LogP contribution is 2.34. The van der Waals surface area contributed by atoms with Crippen molar-refractivity contribution in [2.75, 3.05) is 6.54 Å². The standard InChI is InChI=1S/C15H17NO2/c1-2-11-16-15(14(17)18)10-6-5-8-12-7-3-4-9-13(12)15/h1,3-4,7,9,16H,5-6,8,10-11H2,(H,17,18). The molecule has 0 aromatic heterocycles. The zero-order valence-electron chi connectivity index (χ0n) is 10.3. The summed E-state index contributed by atoms with van der Waals surface area (Å²) in [4.78, 5) is 11.8. The molecule has 0 fully saturated rings. The molecule has 0 saturated carbocycles. The van der Waals surface area contributed by atoms with Crippen LogP contribution in [0.2, 0.25) is 0 Å². The zero-order chi connectivity index (χ0) is 13.0. The van der Waals surface area contributed by atoms with Crippen LogP contribution in [0.25, 0.3) is 0 Å². The maximum absolute atomic E-state index is 11.8. The summed E-state index contributed by atoms with van der Waals surface area (Å²) in [5.41, 5.74) is 0.951. The molecule has 94 valence electrons. The molecule has 0 saturated heterocycles. The number of carboxylic acids is 1. The minimum atomic E-state index is -1.03. The van der Waals surface area contributed by atoms with Crippen LogP contribution in [-0.2, 0) is 16.8 Å². The van der Waals surface area contributed by atoms with E-state index in [1.165, 1.54) is 0 Å². The van der Waals surface area contributed by atoms with E-state index < -0.39 is 11.5 Å². The number of aryl methyl sites for hydroxylation is 1. The van der Waals surface area contributed by atoms with Crippen LogP contribution in [0.5, 0.6) is 0 Å². The number of hydrogen-bond donors (Lipinski definition) is 2. The Balaban J connectivity index is 2.51. The van der Waals surface area contributed by atoms with Gasteiger partial charge in [-0.05, 0) is 30.4 Å². The van der Waals surface area contributed by atoms with Gasteiger partial charge in [0.1, 0.15) is 5.54 Å². The van der Waals surface area contributed by atoms with Gasteiger partial charge in [0.25, 0.3) is 0 Å². The molecular weight excluding hydrogens is 226 g/mol. The van der Waals surface area contributed by atoms with E-state index in [1.54, 1.807) is 0 Å². The second-order valence-corrected chi connectivity index (χ2v) is 4.63. The SMILES string of the molecule is C#CCNC1(C(=O)O)CCCCc2ccccc21. The van der Waals surface area contributed by atoms with E-state index in [9.17, 15) is 9.90 Å². The van der Waals surface area contributed by atoms with Crippen molar-refractivity contribution in [1.29, 1.82) is 0 Å². The molecule has 18 heavy (non-hydrogen) atoms. The lowest BCUT2D eigenvalue weighted by Crippen LogP contribution is -2.49. The molecule has 0 bridgehead atoms. The minimum absolute atomic E-state index is 0.265. The quantitative estimate of drug-likeness (QED) is 0.630. The Morgan fingerprint density at radius 2 is 2.22 bits per heavy atom. The van der Waals surface area contributed by atoms with E-state index in [0.717, 1.165) is 30.4 Å². The first-order valence-electron chi connectivity index (χ1n) is 6.21. The van der Waals surface area contributed by atoms with Gasteiger partial charge in [-0.15, -0.1) is 6.42 Å². The highest BCUT2D eigenvalue weighted by atomic mass is 16.4. The van der Waals surface area contributed by atoms with Crippen molar-refractivity contribution in [3.05, 3.63) is 35.4 Å². The molecule has 0 aliphatic heterocycles. The third kappa shape index (κ3) is 2.12. The molecule has 0 spiro atoms. The molecule has 1 aliphatic rings. The largest absolute Gasteiger partial charge is 0.480 e. The van der Waals surface area contributed by atoms with Crippen molar-refractivity contribution in [1.82, 2.24) is 5.32 Å². The lowest BCUT2D eigenvalue weighted by Gasteiger charge is -2.30. The van der Waals surface area contributed by atoms with Gasteiger partial charge in [0.15, 0.2) is 0 Å². The Kier molecular flexibility index (Phi) is 3.69. The van der Waals surface area contributed by atoms with Crippen molar-refractivity contribution >= 4 is 5.97 Å². The molecule has 1 aromatic carbocycles. The number of hydrogen-bond acceptors (Lipinski definition) is 2. The van der Waals surface area contributed by atoms with Crippen molar-refractivity contribution in [2.45, 2.75) is 31.2 Å². The van der Waals surface area contributed by atoms with Gasteiger partial charge in [-0.1, -0.05) is 36.6 Å². The molecule has 3 nitrogen and oxygen atoms in total. The van der Waals surface area contributed by atoms with Gasteiger partial charge >= 0.3 is 5.97 Å². The number of carbonyl (C=O) groups is 1. The maximum atomic E-state index is 11.8. The Hall–Kier alpha value is -1.79. The normalized spacial score (nSPS) is 22.6. The lowest BCUT2D eigenvalue weighted by atomic mass is 9.84. The molecular formula is C15H17NO2. The second-order valence-electron chi connectivity index (χ2n) is 4.63. The second kappa shape index (κ2) is 5.24. The van der Waals surface area contributed by atoms with Crippen LogP contribution in [0.1, 0.15) is 30.4 Å². The van der Waals surface area contributed by atoms with Gasteiger partial charge in [-0.2, -0.15) is 0 Å². The van der Waals surface area contributed by atoms with E-state index >= 15 is 0 Å². The van der Waals surface area contributed by atoms with Crippen LogP contribution < -0.4 is 5.32 Å².